The standard InChI is InChI=1S/C22H35N7O2S/c1-5-25-21-27-20(28-22(29-21)26-6-2)19(23)16-10-8-15(9-11-16)18-13(3)7-12-17(14(18)4)32(24,30)31/h7,12,15-16,19H,5-6,8-11,23H2,1-4H3,(H2,24,30,31)(H2,25,26,27,28,29). The summed E-state index contributed by atoms with van der Waals surface area (Å²) in [5.74, 6) is 2.19. The van der Waals surface area contributed by atoms with Crippen molar-refractivity contribution in [1.29, 1.82) is 0 Å². The van der Waals surface area contributed by atoms with Crippen LogP contribution in [0.15, 0.2) is 17.0 Å². The predicted octanol–water partition coefficient (Wildman–Crippen LogP) is 2.97. The molecule has 0 radical (unpaired) electrons. The van der Waals surface area contributed by atoms with Gasteiger partial charge < -0.3 is 16.4 Å². The molecule has 1 fully saturated rings. The summed E-state index contributed by atoms with van der Waals surface area (Å²) >= 11 is 0. The van der Waals surface area contributed by atoms with Crippen LogP contribution in [-0.4, -0.2) is 36.5 Å². The normalized spacial score (nSPS) is 20.1. The molecule has 0 amide bonds. The van der Waals surface area contributed by atoms with Gasteiger partial charge in [0.2, 0.25) is 21.9 Å². The van der Waals surface area contributed by atoms with Crippen LogP contribution in [0.2, 0.25) is 0 Å². The molecule has 1 aliphatic carbocycles. The minimum atomic E-state index is -3.74. The Bertz CT molecular complexity index is 1030. The molecule has 9 nitrogen and oxygen atoms in total. The Morgan fingerprint density at radius 2 is 1.56 bits per heavy atom. The van der Waals surface area contributed by atoms with Crippen LogP contribution in [0.3, 0.4) is 0 Å². The van der Waals surface area contributed by atoms with E-state index in [2.05, 4.69) is 25.6 Å². The van der Waals surface area contributed by atoms with Gasteiger partial charge >= 0.3 is 0 Å². The molecule has 1 heterocycles. The molecule has 1 unspecified atom stereocenters. The van der Waals surface area contributed by atoms with Crippen LogP contribution in [0.1, 0.15) is 74.0 Å². The summed E-state index contributed by atoms with van der Waals surface area (Å²) in [7, 11) is -3.74. The van der Waals surface area contributed by atoms with E-state index >= 15 is 0 Å². The molecule has 32 heavy (non-hydrogen) atoms. The van der Waals surface area contributed by atoms with Gasteiger partial charge in [0.15, 0.2) is 5.82 Å². The average molecular weight is 462 g/mol. The van der Waals surface area contributed by atoms with Gasteiger partial charge in [0.05, 0.1) is 10.9 Å². The zero-order valence-corrected chi connectivity index (χ0v) is 20.2. The zero-order chi connectivity index (χ0) is 23.5. The molecular weight excluding hydrogens is 426 g/mol. The second kappa shape index (κ2) is 10.1. The van der Waals surface area contributed by atoms with Crippen molar-refractivity contribution in [1.82, 2.24) is 15.0 Å². The molecule has 1 atom stereocenters. The second-order valence-electron chi connectivity index (χ2n) is 8.50. The van der Waals surface area contributed by atoms with E-state index in [0.29, 0.717) is 30.8 Å². The third-order valence-corrected chi connectivity index (χ3v) is 7.35. The van der Waals surface area contributed by atoms with Crippen molar-refractivity contribution in [3.63, 3.8) is 0 Å². The van der Waals surface area contributed by atoms with Crippen molar-refractivity contribution in [2.45, 2.75) is 70.2 Å². The summed E-state index contributed by atoms with van der Waals surface area (Å²) in [5.41, 5.74) is 9.59. The molecule has 10 heteroatoms. The minimum Gasteiger partial charge on any atom is -0.354 e. The van der Waals surface area contributed by atoms with Crippen molar-refractivity contribution in [2.75, 3.05) is 23.7 Å². The molecule has 0 aliphatic heterocycles. The van der Waals surface area contributed by atoms with Crippen LogP contribution >= 0.6 is 0 Å². The molecule has 1 saturated carbocycles. The number of primary sulfonamides is 1. The largest absolute Gasteiger partial charge is 0.354 e. The van der Waals surface area contributed by atoms with Crippen molar-refractivity contribution in [2.24, 2.45) is 16.8 Å². The number of nitrogens with two attached hydrogens (primary N) is 2. The fourth-order valence-electron chi connectivity index (χ4n) is 4.77. The van der Waals surface area contributed by atoms with Gasteiger partial charge in [-0.05, 0) is 88.0 Å². The van der Waals surface area contributed by atoms with E-state index in [0.717, 1.165) is 42.4 Å². The lowest BCUT2D eigenvalue weighted by Crippen LogP contribution is -2.28. The van der Waals surface area contributed by atoms with Crippen LogP contribution in [0.4, 0.5) is 11.9 Å². The predicted molar refractivity (Wildman–Crippen MR) is 127 cm³/mol. The van der Waals surface area contributed by atoms with E-state index < -0.39 is 10.0 Å². The smallest absolute Gasteiger partial charge is 0.238 e. The highest BCUT2D eigenvalue weighted by Gasteiger charge is 2.31. The van der Waals surface area contributed by atoms with Gasteiger partial charge in [0, 0.05) is 13.1 Å². The van der Waals surface area contributed by atoms with E-state index in [-0.39, 0.29) is 22.8 Å². The lowest BCUT2D eigenvalue weighted by molar-refractivity contribution is 0.277. The Morgan fingerprint density at radius 3 is 2.06 bits per heavy atom. The fraction of sp³-hybridized carbons (Fsp3) is 0.591. The Morgan fingerprint density at radius 1 is 1.00 bits per heavy atom. The molecule has 6 N–H and O–H groups in total. The Labute approximate surface area is 190 Å². The van der Waals surface area contributed by atoms with Gasteiger partial charge in [-0.25, -0.2) is 13.6 Å². The number of sulfonamides is 1. The number of aromatic nitrogens is 3. The number of rotatable bonds is 8. The molecule has 0 bridgehead atoms. The van der Waals surface area contributed by atoms with E-state index in [1.54, 1.807) is 6.07 Å². The number of hydrogen-bond acceptors (Lipinski definition) is 8. The van der Waals surface area contributed by atoms with Crippen molar-refractivity contribution in [3.05, 3.63) is 34.6 Å². The molecule has 3 rings (SSSR count). The highest BCUT2D eigenvalue weighted by Crippen LogP contribution is 2.42. The molecule has 0 saturated heterocycles. The zero-order valence-electron chi connectivity index (χ0n) is 19.4. The Balaban J connectivity index is 1.78. The lowest BCUT2D eigenvalue weighted by Gasteiger charge is -2.33. The number of anilines is 2. The molecule has 0 spiro atoms. The maximum atomic E-state index is 12.0. The maximum absolute atomic E-state index is 12.0. The summed E-state index contributed by atoms with van der Waals surface area (Å²) in [6.45, 7) is 9.30. The minimum absolute atomic E-state index is 0.217. The first-order chi connectivity index (χ1) is 15.2. The molecule has 176 valence electrons. The summed E-state index contributed by atoms with van der Waals surface area (Å²) < 4.78 is 24.0. The SMILES string of the molecule is CCNc1nc(NCC)nc(C(N)C2CCC(c3c(C)ccc(S(N)(=O)=O)c3C)CC2)n1. The highest BCUT2D eigenvalue weighted by molar-refractivity contribution is 7.89. The van der Waals surface area contributed by atoms with Crippen LogP contribution in [-0.2, 0) is 10.0 Å². The number of aryl methyl sites for hydroxylation is 1. The lowest BCUT2D eigenvalue weighted by atomic mass is 9.74. The van der Waals surface area contributed by atoms with Gasteiger partial charge in [0.25, 0.3) is 0 Å². The summed E-state index contributed by atoms with van der Waals surface area (Å²) in [4.78, 5) is 13.7. The van der Waals surface area contributed by atoms with Crippen LogP contribution < -0.4 is 21.5 Å². The van der Waals surface area contributed by atoms with Gasteiger partial charge in [-0.1, -0.05) is 6.07 Å². The average Bonchev–Trinajstić information content (AvgIpc) is 2.73. The molecule has 2 aromatic rings. The first kappa shape index (κ1) is 24.3. The summed E-state index contributed by atoms with van der Waals surface area (Å²) in [5, 5.41) is 11.7. The second-order valence-corrected chi connectivity index (χ2v) is 10.0. The van der Waals surface area contributed by atoms with Crippen LogP contribution in [0.5, 0.6) is 0 Å². The topological polar surface area (TPSA) is 149 Å². The summed E-state index contributed by atoms with van der Waals surface area (Å²) in [6, 6.07) is 3.18. The van der Waals surface area contributed by atoms with Gasteiger partial charge in [0.1, 0.15) is 0 Å². The number of nitrogens with zero attached hydrogens (tertiary/aromatic N) is 3. The van der Waals surface area contributed by atoms with E-state index in [1.807, 2.05) is 33.8 Å². The third-order valence-electron chi connectivity index (χ3n) is 6.30. The van der Waals surface area contributed by atoms with E-state index in [1.165, 1.54) is 0 Å². The molecule has 1 aromatic carbocycles. The third kappa shape index (κ3) is 5.36. The van der Waals surface area contributed by atoms with Crippen LogP contribution in [0.25, 0.3) is 0 Å². The van der Waals surface area contributed by atoms with Crippen molar-refractivity contribution < 1.29 is 8.42 Å². The van der Waals surface area contributed by atoms with E-state index in [4.69, 9.17) is 10.9 Å². The maximum Gasteiger partial charge on any atom is 0.238 e. The number of hydrogen-bond donors (Lipinski definition) is 4. The van der Waals surface area contributed by atoms with E-state index in [9.17, 15) is 8.42 Å². The molecular formula is C22H35N7O2S. The van der Waals surface area contributed by atoms with Gasteiger partial charge in [-0.3, -0.25) is 0 Å². The number of nitrogens with one attached hydrogen (secondary N) is 2. The fourth-order valence-corrected chi connectivity index (χ4v) is 5.57. The van der Waals surface area contributed by atoms with Crippen LogP contribution in [0, 0.1) is 19.8 Å². The first-order valence-corrected chi connectivity index (χ1v) is 12.8. The highest BCUT2D eigenvalue weighted by atomic mass is 32.2. The summed E-state index contributed by atoms with van der Waals surface area (Å²) in [6.07, 6.45) is 3.70. The van der Waals surface area contributed by atoms with Crippen molar-refractivity contribution >= 4 is 21.9 Å². The monoisotopic (exact) mass is 461 g/mol. The first-order valence-electron chi connectivity index (χ1n) is 11.3. The van der Waals surface area contributed by atoms with Gasteiger partial charge in [-0.2, -0.15) is 15.0 Å². The Kier molecular flexibility index (Phi) is 7.68. The molecule has 1 aromatic heterocycles. The van der Waals surface area contributed by atoms with Gasteiger partial charge in [-0.15, -0.1) is 0 Å². The number of benzene rings is 1. The Hall–Kier alpha value is -2.30. The van der Waals surface area contributed by atoms with Crippen molar-refractivity contribution in [3.8, 4) is 0 Å². The molecule has 1 aliphatic rings. The quantitative estimate of drug-likeness (QED) is 0.469.